The summed E-state index contributed by atoms with van der Waals surface area (Å²) in [6, 6.07) is 4.54. The number of nitrogens with two attached hydrogens (primary N) is 1. The number of benzene rings is 1. The van der Waals surface area contributed by atoms with Crippen molar-refractivity contribution in [2.75, 3.05) is 26.2 Å². The molecule has 16 nitrogen and oxygen atoms in total. The molecule has 0 aliphatic rings. The van der Waals surface area contributed by atoms with E-state index in [1.807, 2.05) is 30.3 Å². The summed E-state index contributed by atoms with van der Waals surface area (Å²) in [7, 11) is 0. The number of carboxylic acids is 1. The van der Waals surface area contributed by atoms with Crippen molar-refractivity contribution in [1.29, 1.82) is 0 Å². The van der Waals surface area contributed by atoms with Gasteiger partial charge < -0.3 is 47.8 Å². The number of aliphatic carboxylic acids is 1. The Balaban J connectivity index is 2.71. The second-order valence-corrected chi connectivity index (χ2v) is 11.3. The molecule has 0 aromatic heterocycles. The molecule has 10 N–H and O–H groups in total. The third kappa shape index (κ3) is 14.9. The van der Waals surface area contributed by atoms with Crippen LogP contribution in [0.4, 0.5) is 0 Å². The minimum atomic E-state index is -1.48. The molecule has 16 heteroatoms. The standard InChI is InChI=1S/C30H47N7O9/c1-5-18(4)26(37-24(40)14-32-27(43)20(31)12-19-9-7-6-8-10-19)30(46)36-22(16-38)29(45)33-13-23(39)35-21(11-17(2)3)28(44)34-15-25(41)42/h6-10,17-18,20-22,26,38H,5,11-16,31H2,1-4H3,(H,32,43)(H,33,45)(H,34,44)(H,35,39)(H,36,46)(H,37,40)(H,41,42)/t18-,20-,21-,22-,26-/m0/s1. The van der Waals surface area contributed by atoms with Gasteiger partial charge in [0.05, 0.1) is 25.7 Å². The Morgan fingerprint density at radius 1 is 0.739 bits per heavy atom. The van der Waals surface area contributed by atoms with Gasteiger partial charge in [0.2, 0.25) is 35.4 Å². The maximum atomic E-state index is 13.1. The predicted octanol–water partition coefficient (Wildman–Crippen LogP) is -2.47. The van der Waals surface area contributed by atoms with Crippen molar-refractivity contribution >= 4 is 41.4 Å². The molecule has 5 atom stereocenters. The molecule has 1 aromatic rings. The molecule has 0 saturated carbocycles. The van der Waals surface area contributed by atoms with Crippen LogP contribution >= 0.6 is 0 Å². The number of hydrogen-bond acceptors (Lipinski definition) is 9. The zero-order valence-electron chi connectivity index (χ0n) is 26.6. The number of aliphatic hydroxyl groups is 1. The van der Waals surface area contributed by atoms with Gasteiger partial charge in [-0.3, -0.25) is 33.6 Å². The van der Waals surface area contributed by atoms with E-state index < -0.39 is 97.7 Å². The van der Waals surface area contributed by atoms with E-state index >= 15 is 0 Å². The SMILES string of the molecule is CC[C@H](C)[C@H](NC(=O)CNC(=O)[C@@H](N)Cc1ccccc1)C(=O)N[C@@H](CO)C(=O)NCC(=O)N[C@@H](CC(C)C)C(=O)NCC(=O)O. The lowest BCUT2D eigenvalue weighted by atomic mass is 9.98. The molecule has 1 aromatic carbocycles. The first-order valence-corrected chi connectivity index (χ1v) is 15.0. The van der Waals surface area contributed by atoms with Crippen molar-refractivity contribution < 1.29 is 43.8 Å². The van der Waals surface area contributed by atoms with Crippen LogP contribution < -0.4 is 37.6 Å². The summed E-state index contributed by atoms with van der Waals surface area (Å²) < 4.78 is 0. The zero-order valence-corrected chi connectivity index (χ0v) is 26.6. The van der Waals surface area contributed by atoms with E-state index in [4.69, 9.17) is 10.8 Å². The number of carbonyl (C=O) groups excluding carboxylic acids is 6. The van der Waals surface area contributed by atoms with Crippen LogP contribution in [0.25, 0.3) is 0 Å². The van der Waals surface area contributed by atoms with Gasteiger partial charge in [0, 0.05) is 0 Å². The fourth-order valence-corrected chi connectivity index (χ4v) is 4.17. The van der Waals surface area contributed by atoms with Gasteiger partial charge in [-0.2, -0.15) is 0 Å². The summed E-state index contributed by atoms with van der Waals surface area (Å²) in [6.45, 7) is 4.55. The zero-order chi connectivity index (χ0) is 34.8. The molecule has 0 saturated heterocycles. The minimum absolute atomic E-state index is 0.0307. The summed E-state index contributed by atoms with van der Waals surface area (Å²) in [5.41, 5.74) is 6.79. The van der Waals surface area contributed by atoms with E-state index in [1.54, 1.807) is 27.7 Å². The Kier molecular flexibility index (Phi) is 17.5. The average molecular weight is 650 g/mol. The lowest BCUT2D eigenvalue weighted by Gasteiger charge is -2.26. The van der Waals surface area contributed by atoms with Crippen molar-refractivity contribution in [2.24, 2.45) is 17.6 Å². The number of hydrogen-bond donors (Lipinski definition) is 9. The van der Waals surface area contributed by atoms with E-state index in [2.05, 4.69) is 31.9 Å². The van der Waals surface area contributed by atoms with Gasteiger partial charge in [0.25, 0.3) is 0 Å². The van der Waals surface area contributed by atoms with E-state index in [1.165, 1.54) is 0 Å². The van der Waals surface area contributed by atoms with Gasteiger partial charge in [0.1, 0.15) is 24.7 Å². The van der Waals surface area contributed by atoms with E-state index in [9.17, 15) is 38.7 Å². The Morgan fingerprint density at radius 3 is 1.83 bits per heavy atom. The molecule has 6 amide bonds. The van der Waals surface area contributed by atoms with Crippen molar-refractivity contribution in [1.82, 2.24) is 31.9 Å². The molecule has 0 radical (unpaired) electrons. The van der Waals surface area contributed by atoms with Crippen molar-refractivity contribution in [3.8, 4) is 0 Å². The van der Waals surface area contributed by atoms with Gasteiger partial charge in [-0.25, -0.2) is 0 Å². The van der Waals surface area contributed by atoms with E-state index in [-0.39, 0.29) is 18.8 Å². The third-order valence-electron chi connectivity index (χ3n) is 6.88. The van der Waals surface area contributed by atoms with Crippen LogP contribution in [0.2, 0.25) is 0 Å². The molecule has 0 spiro atoms. The number of carboxylic acid groups (broad SMARTS) is 1. The van der Waals surface area contributed by atoms with Crippen LogP contribution in [0.1, 0.15) is 46.1 Å². The fourth-order valence-electron chi connectivity index (χ4n) is 4.17. The number of amides is 6. The van der Waals surface area contributed by atoms with Crippen molar-refractivity contribution in [3.05, 3.63) is 35.9 Å². The highest BCUT2D eigenvalue weighted by molar-refractivity contribution is 5.95. The van der Waals surface area contributed by atoms with Crippen LogP contribution in [0.5, 0.6) is 0 Å². The molecule has 0 heterocycles. The van der Waals surface area contributed by atoms with Gasteiger partial charge in [-0.05, 0) is 30.2 Å². The van der Waals surface area contributed by atoms with E-state index in [0.717, 1.165) is 5.56 Å². The molecule has 0 bridgehead atoms. The summed E-state index contributed by atoms with van der Waals surface area (Å²) in [6.07, 6.45) is 0.924. The predicted molar refractivity (Wildman–Crippen MR) is 167 cm³/mol. The lowest BCUT2D eigenvalue weighted by Crippen LogP contribution is -2.58. The molecule has 46 heavy (non-hydrogen) atoms. The molecule has 256 valence electrons. The average Bonchev–Trinajstić information content (AvgIpc) is 3.01. The topological polar surface area (TPSA) is 258 Å². The summed E-state index contributed by atoms with van der Waals surface area (Å²) in [4.78, 5) is 86.3. The number of nitrogens with one attached hydrogen (secondary N) is 6. The van der Waals surface area contributed by atoms with E-state index in [0.29, 0.717) is 6.42 Å². The molecular formula is C30H47N7O9. The fraction of sp³-hybridized carbons (Fsp3) is 0.567. The third-order valence-corrected chi connectivity index (χ3v) is 6.88. The quantitative estimate of drug-likeness (QED) is 0.0719. The molecule has 0 aliphatic carbocycles. The molecule has 0 aliphatic heterocycles. The Hall–Kier alpha value is -4.57. The molecule has 0 unspecified atom stereocenters. The van der Waals surface area contributed by atoms with Crippen LogP contribution in [-0.2, 0) is 40.0 Å². The monoisotopic (exact) mass is 649 g/mol. The normalized spacial score (nSPS) is 14.1. The molecule has 1 rings (SSSR count). The van der Waals surface area contributed by atoms with Crippen LogP contribution in [0.3, 0.4) is 0 Å². The Labute approximate surface area is 268 Å². The largest absolute Gasteiger partial charge is 0.480 e. The first kappa shape index (κ1) is 39.5. The maximum Gasteiger partial charge on any atom is 0.322 e. The summed E-state index contributed by atoms with van der Waals surface area (Å²) >= 11 is 0. The van der Waals surface area contributed by atoms with Gasteiger partial charge in [0.15, 0.2) is 0 Å². The minimum Gasteiger partial charge on any atom is -0.480 e. The van der Waals surface area contributed by atoms with Gasteiger partial charge in [-0.1, -0.05) is 64.4 Å². The lowest BCUT2D eigenvalue weighted by molar-refractivity contribution is -0.138. The van der Waals surface area contributed by atoms with Crippen molar-refractivity contribution in [3.63, 3.8) is 0 Å². The second-order valence-electron chi connectivity index (χ2n) is 11.3. The summed E-state index contributed by atoms with van der Waals surface area (Å²) in [5, 5.41) is 32.8. The highest BCUT2D eigenvalue weighted by Crippen LogP contribution is 2.09. The van der Waals surface area contributed by atoms with Gasteiger partial charge in [-0.15, -0.1) is 0 Å². The highest BCUT2D eigenvalue weighted by atomic mass is 16.4. The Bertz CT molecular complexity index is 1200. The van der Waals surface area contributed by atoms with Crippen LogP contribution in [-0.4, -0.2) is 102 Å². The molecular weight excluding hydrogens is 602 g/mol. The number of carbonyl (C=O) groups is 7. The number of rotatable bonds is 20. The Morgan fingerprint density at radius 2 is 1.28 bits per heavy atom. The maximum absolute atomic E-state index is 13.1. The molecule has 0 fully saturated rings. The smallest absolute Gasteiger partial charge is 0.322 e. The first-order valence-electron chi connectivity index (χ1n) is 15.0. The summed E-state index contributed by atoms with van der Waals surface area (Å²) in [5.74, 6) is -6.07. The second kappa shape index (κ2) is 20.5. The van der Waals surface area contributed by atoms with Gasteiger partial charge >= 0.3 is 5.97 Å². The first-order chi connectivity index (χ1) is 21.7. The van der Waals surface area contributed by atoms with Crippen LogP contribution in [0, 0.1) is 11.8 Å². The highest BCUT2D eigenvalue weighted by Gasteiger charge is 2.30. The van der Waals surface area contributed by atoms with Crippen molar-refractivity contribution in [2.45, 2.75) is 71.1 Å². The van der Waals surface area contributed by atoms with Crippen LogP contribution in [0.15, 0.2) is 30.3 Å². The number of aliphatic hydroxyl groups excluding tert-OH is 1.